The Bertz CT molecular complexity index is 879. The summed E-state index contributed by atoms with van der Waals surface area (Å²) in [6.07, 6.45) is 4.89. The van der Waals surface area contributed by atoms with E-state index in [2.05, 4.69) is 11.0 Å². The number of nitrogens with zero attached hydrogens (tertiary/aromatic N) is 2. The fourth-order valence-electron chi connectivity index (χ4n) is 5.00. The van der Waals surface area contributed by atoms with E-state index in [1.165, 1.54) is 24.0 Å². The third kappa shape index (κ3) is 4.15. The van der Waals surface area contributed by atoms with Gasteiger partial charge in [0.05, 0.1) is 19.6 Å². The average molecular weight is 413 g/mol. The van der Waals surface area contributed by atoms with E-state index in [1.54, 1.807) is 7.11 Å². The molecule has 1 aliphatic heterocycles. The summed E-state index contributed by atoms with van der Waals surface area (Å²) < 4.78 is 5.64. The number of hydrogen-bond donors (Lipinski definition) is 0. The summed E-state index contributed by atoms with van der Waals surface area (Å²) in [7, 11) is 3.68. The zero-order valence-corrected chi connectivity index (χ0v) is 18.0. The fourth-order valence-corrected chi connectivity index (χ4v) is 5.21. The molecule has 0 spiro atoms. The van der Waals surface area contributed by atoms with Crippen molar-refractivity contribution in [2.24, 2.45) is 0 Å². The van der Waals surface area contributed by atoms with Crippen LogP contribution in [0.2, 0.25) is 5.02 Å². The maximum atomic E-state index is 13.3. The highest BCUT2D eigenvalue weighted by Crippen LogP contribution is 2.41. The topological polar surface area (TPSA) is 32.8 Å². The Morgan fingerprint density at radius 2 is 1.97 bits per heavy atom. The second-order valence-electron chi connectivity index (χ2n) is 8.13. The molecule has 0 unspecified atom stereocenters. The molecule has 1 heterocycles. The molecule has 29 heavy (non-hydrogen) atoms. The van der Waals surface area contributed by atoms with Crippen molar-refractivity contribution in [1.82, 2.24) is 9.80 Å². The first kappa shape index (κ1) is 20.2. The molecule has 1 fully saturated rings. The monoisotopic (exact) mass is 412 g/mol. The number of amides is 1. The van der Waals surface area contributed by atoms with E-state index in [1.807, 2.05) is 48.3 Å². The third-order valence-electron chi connectivity index (χ3n) is 6.43. The lowest BCUT2D eigenvalue weighted by molar-refractivity contribution is -0.133. The number of carbonyl (C=O) groups excluding carboxylic acids is 1. The molecule has 4 nitrogen and oxygen atoms in total. The van der Waals surface area contributed by atoms with Crippen molar-refractivity contribution in [3.05, 3.63) is 64.2 Å². The molecule has 0 N–H and O–H groups in total. The lowest BCUT2D eigenvalue weighted by Gasteiger charge is -2.44. The van der Waals surface area contributed by atoms with Gasteiger partial charge in [-0.15, -0.1) is 0 Å². The van der Waals surface area contributed by atoms with E-state index in [9.17, 15) is 4.79 Å². The lowest BCUT2D eigenvalue weighted by Crippen LogP contribution is -2.48. The van der Waals surface area contributed by atoms with Crippen LogP contribution >= 0.6 is 11.6 Å². The molecule has 4 rings (SSSR count). The van der Waals surface area contributed by atoms with Crippen LogP contribution in [-0.2, 0) is 17.6 Å². The first-order valence-corrected chi connectivity index (χ1v) is 10.9. The molecule has 2 aliphatic rings. The van der Waals surface area contributed by atoms with Gasteiger partial charge in [0.2, 0.25) is 5.91 Å². The van der Waals surface area contributed by atoms with Crippen molar-refractivity contribution in [2.45, 2.75) is 44.2 Å². The van der Waals surface area contributed by atoms with E-state index >= 15 is 0 Å². The molecular weight excluding hydrogens is 384 g/mol. The second-order valence-corrected chi connectivity index (χ2v) is 8.57. The number of carbonyl (C=O) groups is 1. The number of hydrogen-bond acceptors (Lipinski definition) is 3. The Morgan fingerprint density at radius 3 is 2.69 bits per heavy atom. The van der Waals surface area contributed by atoms with Crippen LogP contribution in [0.5, 0.6) is 5.75 Å². The predicted octanol–water partition coefficient (Wildman–Crippen LogP) is 4.50. The summed E-state index contributed by atoms with van der Waals surface area (Å²) in [5.41, 5.74) is 3.43. The quantitative estimate of drug-likeness (QED) is 0.724. The van der Waals surface area contributed by atoms with Crippen molar-refractivity contribution in [3.63, 3.8) is 0 Å². The van der Waals surface area contributed by atoms with E-state index in [0.29, 0.717) is 17.5 Å². The molecule has 2 aromatic rings. The molecule has 0 bridgehead atoms. The van der Waals surface area contributed by atoms with E-state index < -0.39 is 0 Å². The molecule has 0 saturated carbocycles. The van der Waals surface area contributed by atoms with E-state index in [-0.39, 0.29) is 11.9 Å². The van der Waals surface area contributed by atoms with Crippen LogP contribution in [-0.4, -0.2) is 49.0 Å². The minimum absolute atomic E-state index is 0.0404. The Hall–Kier alpha value is -2.04. The predicted molar refractivity (Wildman–Crippen MR) is 117 cm³/mol. The lowest BCUT2D eigenvalue weighted by atomic mass is 9.81. The number of methoxy groups -OCH3 is 1. The molecule has 2 aromatic carbocycles. The van der Waals surface area contributed by atoms with Crippen molar-refractivity contribution >= 4 is 17.5 Å². The average Bonchev–Trinajstić information content (AvgIpc) is 3.26. The summed E-state index contributed by atoms with van der Waals surface area (Å²) in [6.45, 7) is 2.24. The fraction of sp³-hybridized carbons (Fsp3) is 0.458. The van der Waals surface area contributed by atoms with Gasteiger partial charge in [0.1, 0.15) is 5.75 Å². The van der Waals surface area contributed by atoms with Gasteiger partial charge in [-0.2, -0.15) is 0 Å². The van der Waals surface area contributed by atoms with Crippen molar-refractivity contribution in [1.29, 1.82) is 0 Å². The Morgan fingerprint density at radius 1 is 1.21 bits per heavy atom. The smallest absolute Gasteiger partial charge is 0.227 e. The van der Waals surface area contributed by atoms with Gasteiger partial charge in [-0.05, 0) is 73.7 Å². The highest BCUT2D eigenvalue weighted by molar-refractivity contribution is 6.30. The van der Waals surface area contributed by atoms with Gasteiger partial charge in [-0.3, -0.25) is 9.69 Å². The minimum Gasteiger partial charge on any atom is -0.496 e. The standard InChI is InChI=1S/C24H29ClN2O2/c1-26(23(28)16-17-7-5-8-18(25)15-17)24-20-9-6-10-22(29-2)19(20)11-12-21(24)27-13-3-4-14-27/h5-10,15,21,24H,3-4,11-14,16H2,1-2H3/t21-,24-/m0/s1. The number of rotatable bonds is 5. The number of benzene rings is 2. The molecule has 1 saturated heterocycles. The van der Waals surface area contributed by atoms with Crippen molar-refractivity contribution in [3.8, 4) is 5.75 Å². The Balaban J connectivity index is 1.65. The highest BCUT2D eigenvalue weighted by Gasteiger charge is 2.39. The zero-order valence-electron chi connectivity index (χ0n) is 17.2. The largest absolute Gasteiger partial charge is 0.496 e. The summed E-state index contributed by atoms with van der Waals surface area (Å²) in [5, 5.41) is 0.667. The maximum Gasteiger partial charge on any atom is 0.227 e. The minimum atomic E-state index is 0.0404. The molecule has 0 radical (unpaired) electrons. The van der Waals surface area contributed by atoms with Gasteiger partial charge in [-0.1, -0.05) is 35.9 Å². The third-order valence-corrected chi connectivity index (χ3v) is 6.66. The van der Waals surface area contributed by atoms with Crippen LogP contribution in [0, 0.1) is 0 Å². The normalized spacial score (nSPS) is 21.6. The first-order valence-electron chi connectivity index (χ1n) is 10.5. The van der Waals surface area contributed by atoms with Crippen LogP contribution < -0.4 is 4.74 Å². The Kier molecular flexibility index (Phi) is 6.12. The molecule has 5 heteroatoms. The van der Waals surface area contributed by atoms with Gasteiger partial charge in [0, 0.05) is 18.1 Å². The van der Waals surface area contributed by atoms with Gasteiger partial charge >= 0.3 is 0 Å². The number of ether oxygens (including phenoxy) is 1. The first-order chi connectivity index (χ1) is 14.1. The second kappa shape index (κ2) is 8.76. The number of likely N-dealkylation sites (N-methyl/N-ethyl adjacent to an activating group) is 1. The molecule has 154 valence electrons. The summed E-state index contributed by atoms with van der Waals surface area (Å²) in [4.78, 5) is 17.8. The number of likely N-dealkylation sites (tertiary alicyclic amines) is 1. The molecular formula is C24H29ClN2O2. The molecule has 1 amide bonds. The van der Waals surface area contributed by atoms with Gasteiger partial charge < -0.3 is 9.64 Å². The van der Waals surface area contributed by atoms with Gasteiger partial charge in [0.15, 0.2) is 0 Å². The number of fused-ring (bicyclic) bond motifs is 1. The van der Waals surface area contributed by atoms with Crippen LogP contribution in [0.1, 0.15) is 42.0 Å². The summed E-state index contributed by atoms with van der Waals surface area (Å²) in [6, 6.07) is 14.2. The summed E-state index contributed by atoms with van der Waals surface area (Å²) in [5.74, 6) is 1.06. The van der Waals surface area contributed by atoms with E-state index in [0.717, 1.165) is 37.2 Å². The molecule has 2 atom stereocenters. The summed E-state index contributed by atoms with van der Waals surface area (Å²) >= 11 is 6.12. The highest BCUT2D eigenvalue weighted by atomic mass is 35.5. The van der Waals surface area contributed by atoms with Gasteiger partial charge in [-0.25, -0.2) is 0 Å². The van der Waals surface area contributed by atoms with E-state index in [4.69, 9.17) is 16.3 Å². The molecule has 0 aromatic heterocycles. The van der Waals surface area contributed by atoms with Gasteiger partial charge in [0.25, 0.3) is 0 Å². The van der Waals surface area contributed by atoms with Crippen LogP contribution in [0.3, 0.4) is 0 Å². The maximum absolute atomic E-state index is 13.3. The van der Waals surface area contributed by atoms with Crippen molar-refractivity contribution in [2.75, 3.05) is 27.2 Å². The van der Waals surface area contributed by atoms with Crippen molar-refractivity contribution < 1.29 is 9.53 Å². The zero-order chi connectivity index (χ0) is 20.4. The van der Waals surface area contributed by atoms with Crippen LogP contribution in [0.4, 0.5) is 0 Å². The van der Waals surface area contributed by atoms with Crippen LogP contribution in [0.25, 0.3) is 0 Å². The Labute approximate surface area is 178 Å². The van der Waals surface area contributed by atoms with Crippen LogP contribution in [0.15, 0.2) is 42.5 Å². The number of halogens is 1. The molecule has 1 aliphatic carbocycles. The SMILES string of the molecule is COc1cccc2c1CC[C@H](N1CCCC1)[C@H]2N(C)C(=O)Cc1cccc(Cl)c1.